The molecule has 4 heteroatoms. The predicted molar refractivity (Wildman–Crippen MR) is 102 cm³/mol. The van der Waals surface area contributed by atoms with Crippen LogP contribution in [0.2, 0.25) is 0 Å². The van der Waals surface area contributed by atoms with E-state index in [1.807, 2.05) is 38.1 Å². The number of rotatable bonds is 3. The van der Waals surface area contributed by atoms with Crippen LogP contribution in [0, 0.1) is 5.92 Å². The van der Waals surface area contributed by atoms with Crippen molar-refractivity contribution >= 4 is 22.4 Å². The van der Waals surface area contributed by atoms with Gasteiger partial charge in [0.15, 0.2) is 0 Å². The summed E-state index contributed by atoms with van der Waals surface area (Å²) in [5.41, 5.74) is 5.85. The lowest BCUT2D eigenvalue weighted by Crippen LogP contribution is -2.23. The Hall–Kier alpha value is -2.88. The van der Waals surface area contributed by atoms with E-state index in [0.29, 0.717) is 5.92 Å². The number of phenolic OH excluding ortho intramolecular Hbond substituents is 1. The highest BCUT2D eigenvalue weighted by molar-refractivity contribution is 6.04. The summed E-state index contributed by atoms with van der Waals surface area (Å²) in [6.07, 6.45) is 3.85. The second kappa shape index (κ2) is 6.93. The molecular weight excluding hydrogens is 312 g/mol. The standard InChI is InChI=1S/C21H22N2O2/c1-13(2)15-9-8-14(3)19(11-15)22-23-21(25)18-10-16-6-4-5-7-17(16)12-20(18)24/h4-8,10,12,15,24H,1,9,11H2,2-3H3,(H,23,25)/t15-/m0/s1. The molecule has 1 atom stereocenters. The summed E-state index contributed by atoms with van der Waals surface area (Å²) in [5.74, 6) is -0.110. The number of benzene rings is 2. The Morgan fingerprint density at radius 3 is 2.64 bits per heavy atom. The topological polar surface area (TPSA) is 61.7 Å². The molecule has 0 saturated carbocycles. The lowest BCUT2D eigenvalue weighted by Gasteiger charge is -2.22. The van der Waals surface area contributed by atoms with Crippen LogP contribution in [-0.2, 0) is 0 Å². The second-order valence-electron chi connectivity index (χ2n) is 6.59. The number of hydrazone groups is 1. The summed E-state index contributed by atoms with van der Waals surface area (Å²) < 4.78 is 0. The Morgan fingerprint density at radius 2 is 1.96 bits per heavy atom. The molecule has 4 nitrogen and oxygen atoms in total. The van der Waals surface area contributed by atoms with Crippen molar-refractivity contribution in [1.82, 2.24) is 5.43 Å². The highest BCUT2D eigenvalue weighted by atomic mass is 16.3. The molecule has 1 aliphatic rings. The van der Waals surface area contributed by atoms with E-state index in [-0.39, 0.29) is 11.3 Å². The number of aromatic hydroxyl groups is 1. The Balaban J connectivity index is 1.82. The number of hydrogen-bond acceptors (Lipinski definition) is 3. The van der Waals surface area contributed by atoms with Crippen molar-refractivity contribution in [3.8, 4) is 5.75 Å². The van der Waals surface area contributed by atoms with E-state index in [1.165, 1.54) is 0 Å². The van der Waals surface area contributed by atoms with Gasteiger partial charge in [0.2, 0.25) is 0 Å². The Kier molecular flexibility index (Phi) is 4.70. The third kappa shape index (κ3) is 3.63. The molecule has 0 heterocycles. The molecule has 2 aromatic rings. The predicted octanol–water partition coefficient (Wildman–Crippen LogP) is 4.56. The third-order valence-corrected chi connectivity index (χ3v) is 4.70. The van der Waals surface area contributed by atoms with Gasteiger partial charge in [0.1, 0.15) is 5.75 Å². The Bertz CT molecular complexity index is 909. The van der Waals surface area contributed by atoms with Crippen LogP contribution in [0.25, 0.3) is 10.8 Å². The van der Waals surface area contributed by atoms with Gasteiger partial charge in [0.25, 0.3) is 5.91 Å². The average molecular weight is 334 g/mol. The molecule has 2 aromatic carbocycles. The van der Waals surface area contributed by atoms with Crippen molar-refractivity contribution < 1.29 is 9.90 Å². The van der Waals surface area contributed by atoms with Crippen molar-refractivity contribution in [3.05, 3.63) is 65.8 Å². The molecular formula is C21H22N2O2. The van der Waals surface area contributed by atoms with Gasteiger partial charge in [-0.15, -0.1) is 0 Å². The maximum absolute atomic E-state index is 12.5. The summed E-state index contributed by atoms with van der Waals surface area (Å²) in [6.45, 7) is 8.03. The van der Waals surface area contributed by atoms with Crippen molar-refractivity contribution in [2.45, 2.75) is 26.7 Å². The number of nitrogens with zero attached hydrogens (tertiary/aromatic N) is 1. The van der Waals surface area contributed by atoms with Crippen LogP contribution in [-0.4, -0.2) is 16.7 Å². The zero-order valence-corrected chi connectivity index (χ0v) is 14.5. The molecule has 0 aromatic heterocycles. The molecule has 128 valence electrons. The number of allylic oxidation sites excluding steroid dienone is 3. The maximum Gasteiger partial charge on any atom is 0.275 e. The van der Waals surface area contributed by atoms with Gasteiger partial charge < -0.3 is 5.11 Å². The molecule has 0 radical (unpaired) electrons. The quantitative estimate of drug-likeness (QED) is 0.638. The van der Waals surface area contributed by atoms with E-state index in [4.69, 9.17) is 0 Å². The minimum atomic E-state index is -0.416. The van der Waals surface area contributed by atoms with E-state index in [2.05, 4.69) is 23.2 Å². The van der Waals surface area contributed by atoms with Gasteiger partial charge in [-0.25, -0.2) is 5.43 Å². The molecule has 25 heavy (non-hydrogen) atoms. The van der Waals surface area contributed by atoms with Crippen molar-refractivity contribution in [3.63, 3.8) is 0 Å². The molecule has 2 N–H and O–H groups in total. The smallest absolute Gasteiger partial charge is 0.275 e. The molecule has 1 amide bonds. The summed E-state index contributed by atoms with van der Waals surface area (Å²) in [5, 5.41) is 16.2. The molecule has 0 fully saturated rings. The van der Waals surface area contributed by atoms with Crippen LogP contribution in [0.1, 0.15) is 37.0 Å². The number of fused-ring (bicyclic) bond motifs is 1. The highest BCUT2D eigenvalue weighted by Crippen LogP contribution is 2.27. The Labute approximate surface area is 147 Å². The number of hydrogen-bond donors (Lipinski definition) is 2. The number of nitrogens with one attached hydrogen (secondary N) is 1. The SMILES string of the molecule is C=C(C)[C@H]1CC=C(C)C(=NNC(=O)c2cc3ccccc3cc2O)C1. The molecule has 1 aliphatic carbocycles. The van der Waals surface area contributed by atoms with E-state index in [1.54, 1.807) is 12.1 Å². The van der Waals surface area contributed by atoms with Crippen LogP contribution < -0.4 is 5.43 Å². The summed E-state index contributed by atoms with van der Waals surface area (Å²) in [4.78, 5) is 12.5. The zero-order chi connectivity index (χ0) is 18.0. The lowest BCUT2D eigenvalue weighted by molar-refractivity contribution is 0.0952. The number of phenols is 1. The van der Waals surface area contributed by atoms with Crippen molar-refractivity contribution in [2.75, 3.05) is 0 Å². The monoisotopic (exact) mass is 334 g/mol. The first-order valence-corrected chi connectivity index (χ1v) is 8.37. The number of carbonyl (C=O) groups excluding carboxylic acids is 1. The van der Waals surface area contributed by atoms with Gasteiger partial charge in [0.05, 0.1) is 11.3 Å². The van der Waals surface area contributed by atoms with Gasteiger partial charge in [-0.05, 0) is 61.1 Å². The van der Waals surface area contributed by atoms with Crippen molar-refractivity contribution in [2.24, 2.45) is 11.0 Å². The number of carbonyl (C=O) groups is 1. The van der Waals surface area contributed by atoms with Gasteiger partial charge in [-0.3, -0.25) is 4.79 Å². The largest absolute Gasteiger partial charge is 0.507 e. The van der Waals surface area contributed by atoms with Gasteiger partial charge in [-0.1, -0.05) is 42.5 Å². The van der Waals surface area contributed by atoms with E-state index < -0.39 is 5.91 Å². The summed E-state index contributed by atoms with van der Waals surface area (Å²) >= 11 is 0. The lowest BCUT2D eigenvalue weighted by atomic mass is 9.85. The first kappa shape index (κ1) is 17.0. The van der Waals surface area contributed by atoms with Crippen LogP contribution in [0.4, 0.5) is 0 Å². The van der Waals surface area contributed by atoms with Crippen molar-refractivity contribution in [1.29, 1.82) is 0 Å². The first-order chi connectivity index (χ1) is 12.0. The highest BCUT2D eigenvalue weighted by Gasteiger charge is 2.19. The molecule has 3 rings (SSSR count). The summed E-state index contributed by atoms with van der Waals surface area (Å²) in [6, 6.07) is 10.9. The molecule has 0 spiro atoms. The van der Waals surface area contributed by atoms with Crippen LogP contribution in [0.3, 0.4) is 0 Å². The fourth-order valence-corrected chi connectivity index (χ4v) is 3.01. The summed E-state index contributed by atoms with van der Waals surface area (Å²) in [7, 11) is 0. The minimum absolute atomic E-state index is 0.0490. The fraction of sp³-hybridized carbons (Fsp3) is 0.238. The van der Waals surface area contributed by atoms with Crippen LogP contribution >= 0.6 is 0 Å². The van der Waals surface area contributed by atoms with E-state index >= 15 is 0 Å². The van der Waals surface area contributed by atoms with Crippen LogP contribution in [0.5, 0.6) is 5.75 Å². The molecule has 0 saturated heterocycles. The molecule has 0 unspecified atom stereocenters. The van der Waals surface area contributed by atoms with Gasteiger partial charge in [0, 0.05) is 0 Å². The van der Waals surface area contributed by atoms with E-state index in [9.17, 15) is 9.90 Å². The average Bonchev–Trinajstić information content (AvgIpc) is 2.60. The first-order valence-electron chi connectivity index (χ1n) is 8.37. The normalized spacial score (nSPS) is 18.9. The fourth-order valence-electron chi connectivity index (χ4n) is 3.01. The maximum atomic E-state index is 12.5. The zero-order valence-electron chi connectivity index (χ0n) is 14.5. The van der Waals surface area contributed by atoms with Gasteiger partial charge in [-0.2, -0.15) is 5.10 Å². The second-order valence-corrected chi connectivity index (χ2v) is 6.59. The molecule has 0 bridgehead atoms. The molecule has 0 aliphatic heterocycles. The minimum Gasteiger partial charge on any atom is -0.507 e. The van der Waals surface area contributed by atoms with Crippen LogP contribution in [0.15, 0.2) is 65.3 Å². The Morgan fingerprint density at radius 1 is 1.28 bits per heavy atom. The number of amides is 1. The van der Waals surface area contributed by atoms with Gasteiger partial charge >= 0.3 is 0 Å². The third-order valence-electron chi connectivity index (χ3n) is 4.70. The van der Waals surface area contributed by atoms with E-state index in [0.717, 1.165) is 40.5 Å².